The Labute approximate surface area is 222 Å². The minimum absolute atomic E-state index is 0.340. The molecule has 38 heavy (non-hydrogen) atoms. The lowest BCUT2D eigenvalue weighted by Gasteiger charge is -2.35. The molecule has 8 rings (SSSR count). The molecule has 2 aliphatic carbocycles. The van der Waals surface area contributed by atoms with E-state index in [1.807, 2.05) is 6.07 Å². The largest absolute Gasteiger partial charge is 0.327 e. The maximum atomic E-state index is 4.91. The zero-order chi connectivity index (χ0) is 25.2. The van der Waals surface area contributed by atoms with Gasteiger partial charge in [-0.3, -0.25) is 0 Å². The van der Waals surface area contributed by atoms with Gasteiger partial charge < -0.3 is 4.57 Å². The Balaban J connectivity index is 1.32. The average molecular weight is 487 g/mol. The Kier molecular flexibility index (Phi) is 4.59. The van der Waals surface area contributed by atoms with Crippen LogP contribution in [0, 0.1) is 0 Å². The van der Waals surface area contributed by atoms with E-state index in [1.165, 1.54) is 44.2 Å². The molecule has 0 amide bonds. The van der Waals surface area contributed by atoms with E-state index in [9.17, 15) is 0 Å². The fraction of sp³-hybridized carbons (Fsp3) is 0.0833. The van der Waals surface area contributed by atoms with Gasteiger partial charge >= 0.3 is 0 Å². The van der Waals surface area contributed by atoms with Gasteiger partial charge in [0.25, 0.3) is 0 Å². The van der Waals surface area contributed by atoms with Crippen molar-refractivity contribution in [2.24, 2.45) is 7.05 Å². The molecule has 2 nitrogen and oxygen atoms in total. The lowest BCUT2D eigenvalue weighted by atomic mass is 9.68. The number of hydrogen-bond donors (Lipinski definition) is 0. The third-order valence-electron chi connectivity index (χ3n) is 8.40. The molecule has 6 aromatic rings. The van der Waals surface area contributed by atoms with E-state index in [4.69, 9.17) is 4.98 Å². The fourth-order valence-electron chi connectivity index (χ4n) is 6.62. The molecule has 0 saturated heterocycles. The van der Waals surface area contributed by atoms with Crippen LogP contribution >= 0.6 is 0 Å². The van der Waals surface area contributed by atoms with E-state index >= 15 is 0 Å². The van der Waals surface area contributed by atoms with Gasteiger partial charge in [0.1, 0.15) is 5.82 Å². The van der Waals surface area contributed by atoms with E-state index < -0.39 is 0 Å². The van der Waals surface area contributed by atoms with Crippen LogP contribution in [-0.4, -0.2) is 9.55 Å². The third kappa shape index (κ3) is 3.04. The highest BCUT2D eigenvalue weighted by Crippen LogP contribution is 2.53. The van der Waals surface area contributed by atoms with Gasteiger partial charge in [-0.1, -0.05) is 109 Å². The minimum atomic E-state index is 0.340. The number of para-hydroxylation sites is 2. The van der Waals surface area contributed by atoms with Gasteiger partial charge in [0.2, 0.25) is 0 Å². The van der Waals surface area contributed by atoms with Crippen LogP contribution in [0.25, 0.3) is 55.4 Å². The Morgan fingerprint density at radius 1 is 0.605 bits per heavy atom. The number of hydrogen-bond acceptors (Lipinski definition) is 1. The zero-order valence-corrected chi connectivity index (χ0v) is 21.2. The third-order valence-corrected chi connectivity index (χ3v) is 8.40. The summed E-state index contributed by atoms with van der Waals surface area (Å²) in [6.07, 6.45) is 9.16. The van der Waals surface area contributed by atoms with Gasteiger partial charge in [0.05, 0.1) is 11.0 Å². The van der Waals surface area contributed by atoms with Gasteiger partial charge in [-0.25, -0.2) is 4.98 Å². The first kappa shape index (κ1) is 21.4. The van der Waals surface area contributed by atoms with E-state index in [-0.39, 0.29) is 0 Å². The number of aromatic nitrogens is 2. The number of rotatable bonds is 2. The summed E-state index contributed by atoms with van der Waals surface area (Å²) in [5, 5.41) is 2.62. The van der Waals surface area contributed by atoms with Crippen molar-refractivity contribution < 1.29 is 0 Å². The number of allylic oxidation sites excluding steroid dienone is 4. The van der Waals surface area contributed by atoms with Crippen molar-refractivity contribution in [3.8, 4) is 33.6 Å². The molecular weight excluding hydrogens is 460 g/mol. The standard InChI is InChI=1S/C36H26N2/c1-38-34-17-9-8-16-33(34)37-36(38)24-20-18-23(19-21-24)31-22-32-27-12-3-2-10-25(27)26-11-4-6-14-29(26)35(32)30-15-7-5-13-28(30)31/h2-22,25,27H,1H3. The highest BCUT2D eigenvalue weighted by molar-refractivity contribution is 6.07. The molecule has 5 aromatic carbocycles. The molecule has 0 bridgehead atoms. The Bertz CT molecular complexity index is 1930. The summed E-state index contributed by atoms with van der Waals surface area (Å²) >= 11 is 0. The van der Waals surface area contributed by atoms with E-state index in [0.29, 0.717) is 11.8 Å². The van der Waals surface area contributed by atoms with Crippen LogP contribution in [0.15, 0.2) is 127 Å². The first-order chi connectivity index (χ1) is 18.8. The molecule has 0 N–H and O–H groups in total. The summed E-state index contributed by atoms with van der Waals surface area (Å²) in [5.74, 6) is 1.71. The van der Waals surface area contributed by atoms with Gasteiger partial charge in [-0.2, -0.15) is 0 Å². The van der Waals surface area contributed by atoms with Crippen LogP contribution in [0.4, 0.5) is 0 Å². The minimum Gasteiger partial charge on any atom is -0.327 e. The molecule has 2 aliphatic rings. The second-order valence-electron chi connectivity index (χ2n) is 10.4. The molecule has 2 unspecified atom stereocenters. The van der Waals surface area contributed by atoms with Crippen LogP contribution < -0.4 is 0 Å². The summed E-state index contributed by atoms with van der Waals surface area (Å²) in [6.45, 7) is 0. The van der Waals surface area contributed by atoms with Crippen molar-refractivity contribution in [1.82, 2.24) is 9.55 Å². The van der Waals surface area contributed by atoms with Crippen molar-refractivity contribution in [3.05, 3.63) is 139 Å². The fourth-order valence-corrected chi connectivity index (χ4v) is 6.62. The van der Waals surface area contributed by atoms with Crippen LogP contribution in [0.5, 0.6) is 0 Å². The summed E-state index contributed by atoms with van der Waals surface area (Å²) < 4.78 is 2.18. The number of nitrogens with zero attached hydrogens (tertiary/aromatic N) is 2. The molecule has 1 aromatic heterocycles. The van der Waals surface area contributed by atoms with E-state index in [2.05, 4.69) is 133 Å². The molecule has 2 atom stereocenters. The van der Waals surface area contributed by atoms with Gasteiger partial charge in [-0.05, 0) is 62.4 Å². The second-order valence-corrected chi connectivity index (χ2v) is 10.4. The quantitative estimate of drug-likeness (QED) is 0.239. The summed E-state index contributed by atoms with van der Waals surface area (Å²) in [4.78, 5) is 4.91. The normalized spacial score (nSPS) is 17.4. The Morgan fingerprint density at radius 3 is 2.08 bits per heavy atom. The molecule has 0 radical (unpaired) electrons. The molecule has 0 saturated carbocycles. The van der Waals surface area contributed by atoms with Crippen LogP contribution in [-0.2, 0) is 7.05 Å². The first-order valence-corrected chi connectivity index (χ1v) is 13.3. The molecule has 180 valence electrons. The summed E-state index contributed by atoms with van der Waals surface area (Å²) in [7, 11) is 2.09. The second kappa shape index (κ2) is 8.16. The maximum absolute atomic E-state index is 4.91. The number of imidazole rings is 1. The summed E-state index contributed by atoms with van der Waals surface area (Å²) in [5.41, 5.74) is 11.4. The smallest absolute Gasteiger partial charge is 0.140 e. The van der Waals surface area contributed by atoms with Gasteiger partial charge in [0.15, 0.2) is 0 Å². The maximum Gasteiger partial charge on any atom is 0.140 e. The molecule has 0 fully saturated rings. The van der Waals surface area contributed by atoms with Gasteiger partial charge in [0, 0.05) is 24.4 Å². The van der Waals surface area contributed by atoms with Crippen molar-refractivity contribution in [2.75, 3.05) is 0 Å². The van der Waals surface area contributed by atoms with Crippen molar-refractivity contribution in [3.63, 3.8) is 0 Å². The Hall–Kier alpha value is -4.69. The number of benzene rings is 5. The average Bonchev–Trinajstić information content (AvgIpc) is 3.33. The molecule has 2 heteroatoms. The topological polar surface area (TPSA) is 17.8 Å². The van der Waals surface area contributed by atoms with E-state index in [1.54, 1.807) is 0 Å². The molecule has 0 spiro atoms. The van der Waals surface area contributed by atoms with Crippen LogP contribution in [0.1, 0.15) is 23.0 Å². The van der Waals surface area contributed by atoms with Crippen LogP contribution in [0.3, 0.4) is 0 Å². The first-order valence-electron chi connectivity index (χ1n) is 13.3. The molecule has 0 aliphatic heterocycles. The van der Waals surface area contributed by atoms with Gasteiger partial charge in [-0.15, -0.1) is 0 Å². The highest BCUT2D eigenvalue weighted by atomic mass is 15.1. The number of fused-ring (bicyclic) bond motifs is 9. The van der Waals surface area contributed by atoms with Crippen LogP contribution in [0.2, 0.25) is 0 Å². The lowest BCUT2D eigenvalue weighted by molar-refractivity contribution is 0.721. The van der Waals surface area contributed by atoms with Crippen molar-refractivity contribution in [1.29, 1.82) is 0 Å². The monoisotopic (exact) mass is 486 g/mol. The number of aryl methyl sites for hydroxylation is 1. The Morgan fingerprint density at radius 2 is 1.26 bits per heavy atom. The lowest BCUT2D eigenvalue weighted by Crippen LogP contribution is -2.17. The molecule has 1 heterocycles. The van der Waals surface area contributed by atoms with E-state index in [0.717, 1.165) is 22.4 Å². The van der Waals surface area contributed by atoms with Crippen molar-refractivity contribution in [2.45, 2.75) is 11.8 Å². The predicted molar refractivity (Wildman–Crippen MR) is 158 cm³/mol. The predicted octanol–water partition coefficient (Wildman–Crippen LogP) is 9.03. The molecular formula is C36H26N2. The van der Waals surface area contributed by atoms with Crippen molar-refractivity contribution >= 4 is 21.8 Å². The highest BCUT2D eigenvalue weighted by Gasteiger charge is 2.33. The SMILES string of the molecule is Cn1c(-c2ccc(-c3cc4c(c5ccccc35)-c3ccccc3C3C=CC=CC43)cc2)nc2ccccc21. The summed E-state index contributed by atoms with van der Waals surface area (Å²) in [6, 6.07) is 37.6. The zero-order valence-electron chi connectivity index (χ0n) is 21.2.